The van der Waals surface area contributed by atoms with Crippen LogP contribution in [0.2, 0.25) is 0 Å². The van der Waals surface area contributed by atoms with Gasteiger partial charge in [-0.25, -0.2) is 4.79 Å². The van der Waals surface area contributed by atoms with E-state index in [-0.39, 0.29) is 12.1 Å². The Kier molecular flexibility index (Phi) is 1.92. The first-order valence-corrected chi connectivity index (χ1v) is 4.88. The molecule has 0 amide bonds. The number of esters is 1. The maximum absolute atomic E-state index is 11.6. The van der Waals surface area contributed by atoms with Crippen molar-refractivity contribution >= 4 is 5.97 Å². The molecule has 0 spiro atoms. The second kappa shape index (κ2) is 2.70. The smallest absolute Gasteiger partial charge is 0.338 e. The molecular weight excluding hydrogens is 184 g/mol. The van der Waals surface area contributed by atoms with E-state index in [1.807, 2.05) is 27.7 Å². The van der Waals surface area contributed by atoms with Crippen LogP contribution in [0.5, 0.6) is 0 Å². The van der Waals surface area contributed by atoms with Crippen LogP contribution in [0.25, 0.3) is 0 Å². The van der Waals surface area contributed by atoms with Gasteiger partial charge in [0, 0.05) is 6.42 Å². The van der Waals surface area contributed by atoms with E-state index in [0.29, 0.717) is 6.42 Å². The van der Waals surface area contributed by atoms with Crippen LogP contribution >= 0.6 is 0 Å². The van der Waals surface area contributed by atoms with Crippen molar-refractivity contribution in [1.82, 2.24) is 0 Å². The number of carbonyl (C=O) groups excluding carboxylic acids is 1. The summed E-state index contributed by atoms with van der Waals surface area (Å²) in [6.07, 6.45) is -0.0217. The Balaban J connectivity index is 2.19. The fraction of sp³-hybridized carbons (Fsp3) is 0.900. The van der Waals surface area contributed by atoms with E-state index in [1.54, 1.807) is 0 Å². The number of fused-ring (bicyclic) bond motifs is 1. The van der Waals surface area contributed by atoms with Crippen molar-refractivity contribution in [3.05, 3.63) is 0 Å². The van der Waals surface area contributed by atoms with Crippen LogP contribution in [0, 0.1) is 0 Å². The van der Waals surface area contributed by atoms with Gasteiger partial charge < -0.3 is 14.2 Å². The van der Waals surface area contributed by atoms with E-state index in [2.05, 4.69) is 0 Å². The Morgan fingerprint density at radius 3 is 2.50 bits per heavy atom. The van der Waals surface area contributed by atoms with Crippen LogP contribution in [-0.4, -0.2) is 29.6 Å². The highest BCUT2D eigenvalue weighted by molar-refractivity contribution is 5.77. The zero-order chi connectivity index (χ0) is 10.6. The molecule has 2 heterocycles. The van der Waals surface area contributed by atoms with Crippen molar-refractivity contribution < 1.29 is 19.0 Å². The minimum atomic E-state index is -0.672. The Hall–Kier alpha value is -0.610. The molecule has 0 aliphatic carbocycles. The molecule has 0 aromatic rings. The summed E-state index contributed by atoms with van der Waals surface area (Å²) in [7, 11) is 0. The highest BCUT2D eigenvalue weighted by Crippen LogP contribution is 2.38. The first-order valence-electron chi connectivity index (χ1n) is 4.88. The van der Waals surface area contributed by atoms with E-state index in [1.165, 1.54) is 0 Å². The van der Waals surface area contributed by atoms with Gasteiger partial charge in [0.25, 0.3) is 0 Å². The lowest BCUT2D eigenvalue weighted by molar-refractivity contribution is -0.182. The average molecular weight is 200 g/mol. The fourth-order valence-corrected chi connectivity index (χ4v) is 2.04. The Labute approximate surface area is 83.5 Å². The number of carbonyl (C=O) groups is 1. The Morgan fingerprint density at radius 2 is 1.86 bits per heavy atom. The summed E-state index contributed by atoms with van der Waals surface area (Å²) >= 11 is 0. The second-order valence-electron chi connectivity index (χ2n) is 4.98. The minimum Gasteiger partial charge on any atom is -0.458 e. The van der Waals surface area contributed by atoms with Crippen LogP contribution in [-0.2, 0) is 19.0 Å². The summed E-state index contributed by atoms with van der Waals surface area (Å²) in [5.74, 6) is -0.980. The highest BCUT2D eigenvalue weighted by atomic mass is 16.8. The summed E-state index contributed by atoms with van der Waals surface area (Å²) in [5, 5.41) is 0. The first-order chi connectivity index (χ1) is 6.29. The van der Waals surface area contributed by atoms with Crippen LogP contribution in [0.1, 0.15) is 34.1 Å². The fourth-order valence-electron chi connectivity index (χ4n) is 2.04. The lowest BCUT2D eigenvalue weighted by Gasteiger charge is -2.34. The molecule has 4 heteroatoms. The monoisotopic (exact) mass is 200 g/mol. The molecule has 2 aliphatic rings. The Bertz CT molecular complexity index is 269. The summed E-state index contributed by atoms with van der Waals surface area (Å²) < 4.78 is 16.3. The number of hydrogen-bond donors (Lipinski definition) is 0. The molecule has 0 N–H and O–H groups in total. The lowest BCUT2D eigenvalue weighted by atomic mass is 9.94. The van der Waals surface area contributed by atoms with Crippen LogP contribution < -0.4 is 0 Å². The van der Waals surface area contributed by atoms with Crippen LogP contribution in [0.3, 0.4) is 0 Å². The molecule has 0 aromatic carbocycles. The maximum atomic E-state index is 11.6. The van der Waals surface area contributed by atoms with Crippen molar-refractivity contribution in [2.45, 2.75) is 57.7 Å². The molecule has 80 valence electrons. The summed E-state index contributed by atoms with van der Waals surface area (Å²) in [6, 6.07) is 0. The maximum Gasteiger partial charge on any atom is 0.338 e. The summed E-state index contributed by atoms with van der Waals surface area (Å²) in [5.41, 5.74) is -0.442. The third kappa shape index (κ3) is 1.64. The van der Waals surface area contributed by atoms with Crippen molar-refractivity contribution in [1.29, 1.82) is 0 Å². The number of cyclic esters (lactones) is 1. The zero-order valence-electron chi connectivity index (χ0n) is 8.99. The van der Waals surface area contributed by atoms with Crippen molar-refractivity contribution in [2.24, 2.45) is 0 Å². The molecule has 0 radical (unpaired) electrons. The van der Waals surface area contributed by atoms with Gasteiger partial charge >= 0.3 is 5.97 Å². The molecule has 2 atom stereocenters. The van der Waals surface area contributed by atoms with Gasteiger partial charge in [-0.1, -0.05) is 0 Å². The topological polar surface area (TPSA) is 44.8 Å². The molecule has 4 nitrogen and oxygen atoms in total. The summed E-state index contributed by atoms with van der Waals surface area (Å²) in [4.78, 5) is 11.6. The van der Waals surface area contributed by atoms with Gasteiger partial charge in [-0.3, -0.25) is 0 Å². The van der Waals surface area contributed by atoms with Gasteiger partial charge in [0.05, 0.1) is 0 Å². The summed E-state index contributed by atoms with van der Waals surface area (Å²) in [6.45, 7) is 7.39. The van der Waals surface area contributed by atoms with Gasteiger partial charge in [0.1, 0.15) is 11.7 Å². The Morgan fingerprint density at radius 1 is 1.21 bits per heavy atom. The second-order valence-corrected chi connectivity index (χ2v) is 4.98. The normalized spacial score (nSPS) is 39.0. The van der Waals surface area contributed by atoms with E-state index in [4.69, 9.17) is 14.2 Å². The molecule has 0 saturated carbocycles. The number of ether oxygens (including phenoxy) is 3. The molecule has 0 bridgehead atoms. The lowest BCUT2D eigenvalue weighted by Crippen LogP contribution is -2.48. The molecule has 2 fully saturated rings. The standard InChI is InChI=1S/C10H16O4/c1-9(2)5-6-7(8(11)14-9)13-10(3,4)12-6/h6-7H,5H2,1-4H3. The average Bonchev–Trinajstić information content (AvgIpc) is 2.21. The molecule has 2 saturated heterocycles. The van der Waals surface area contributed by atoms with Gasteiger partial charge in [-0.15, -0.1) is 0 Å². The van der Waals surface area contributed by atoms with Gasteiger partial charge in [-0.2, -0.15) is 0 Å². The molecule has 2 aliphatic heterocycles. The highest BCUT2D eigenvalue weighted by Gasteiger charge is 2.52. The molecule has 2 unspecified atom stereocenters. The van der Waals surface area contributed by atoms with Crippen LogP contribution in [0.15, 0.2) is 0 Å². The zero-order valence-corrected chi connectivity index (χ0v) is 8.99. The first kappa shape index (κ1) is 9.93. The molecule has 0 aromatic heterocycles. The SMILES string of the molecule is CC1(C)CC2OC(C)(C)OC2C(=O)O1. The minimum absolute atomic E-state index is 0.166. The predicted octanol–water partition coefficient (Wildman–Crippen LogP) is 1.23. The van der Waals surface area contributed by atoms with Crippen molar-refractivity contribution in [3.63, 3.8) is 0 Å². The molecular formula is C10H16O4. The van der Waals surface area contributed by atoms with E-state index in [0.717, 1.165) is 0 Å². The number of hydrogen-bond acceptors (Lipinski definition) is 4. The van der Waals surface area contributed by atoms with Gasteiger partial charge in [-0.05, 0) is 27.7 Å². The molecule has 14 heavy (non-hydrogen) atoms. The third-order valence-electron chi connectivity index (χ3n) is 2.49. The van der Waals surface area contributed by atoms with Crippen molar-refractivity contribution in [3.8, 4) is 0 Å². The van der Waals surface area contributed by atoms with E-state index < -0.39 is 17.5 Å². The van der Waals surface area contributed by atoms with Crippen LogP contribution in [0.4, 0.5) is 0 Å². The molecule has 2 rings (SSSR count). The number of rotatable bonds is 0. The van der Waals surface area contributed by atoms with Crippen molar-refractivity contribution in [2.75, 3.05) is 0 Å². The third-order valence-corrected chi connectivity index (χ3v) is 2.49. The van der Waals surface area contributed by atoms with Gasteiger partial charge in [0.15, 0.2) is 11.9 Å². The van der Waals surface area contributed by atoms with Gasteiger partial charge in [0.2, 0.25) is 0 Å². The quantitative estimate of drug-likeness (QED) is 0.552. The predicted molar refractivity (Wildman–Crippen MR) is 48.6 cm³/mol. The largest absolute Gasteiger partial charge is 0.458 e. The van der Waals surface area contributed by atoms with E-state index >= 15 is 0 Å². The van der Waals surface area contributed by atoms with E-state index in [9.17, 15) is 4.79 Å².